The van der Waals surface area contributed by atoms with E-state index in [4.69, 9.17) is 9.94 Å². The lowest BCUT2D eigenvalue weighted by Crippen LogP contribution is -2.45. The Bertz CT molecular complexity index is 1370. The van der Waals surface area contributed by atoms with Gasteiger partial charge in [-0.1, -0.05) is 6.08 Å². The van der Waals surface area contributed by atoms with Gasteiger partial charge in [0.1, 0.15) is 30.0 Å². The Morgan fingerprint density at radius 2 is 1.84 bits per heavy atom. The van der Waals surface area contributed by atoms with Gasteiger partial charge in [0, 0.05) is 29.1 Å². The summed E-state index contributed by atoms with van der Waals surface area (Å²) in [6.45, 7) is 1.57. The number of aromatic nitrogens is 2. The highest BCUT2D eigenvalue weighted by Gasteiger charge is 2.48. The second-order valence-electron chi connectivity index (χ2n) is 8.99. The number of nitrogens with zero attached hydrogens (tertiary/aromatic N) is 4. The number of hydrogen-bond acceptors (Lipinski definition) is 8. The molecular weight excluding hydrogens is 511 g/mol. The van der Waals surface area contributed by atoms with Crippen molar-refractivity contribution in [2.45, 2.75) is 42.5 Å². The van der Waals surface area contributed by atoms with Crippen LogP contribution in [0.5, 0.6) is 0 Å². The van der Waals surface area contributed by atoms with E-state index in [1.807, 2.05) is 0 Å². The first-order valence-electron chi connectivity index (χ1n) is 11.7. The lowest BCUT2D eigenvalue weighted by molar-refractivity contribution is -0.303. The van der Waals surface area contributed by atoms with Gasteiger partial charge in [-0.2, -0.15) is 9.82 Å². The van der Waals surface area contributed by atoms with Gasteiger partial charge in [0.2, 0.25) is 5.69 Å². The maximum atomic E-state index is 12.6. The van der Waals surface area contributed by atoms with Crippen LogP contribution in [-0.2, 0) is 19.4 Å². The molecule has 3 heterocycles. The molecular formula is C24H25F3N5O4S+. The van der Waals surface area contributed by atoms with Crippen LogP contribution in [0.25, 0.3) is 0 Å². The summed E-state index contributed by atoms with van der Waals surface area (Å²) >= 11 is 0. The molecule has 0 bridgehead atoms. The summed E-state index contributed by atoms with van der Waals surface area (Å²) in [6, 6.07) is 6.30. The molecule has 2 atom stereocenters. The van der Waals surface area contributed by atoms with E-state index in [-0.39, 0.29) is 29.1 Å². The molecule has 1 N–H and O–H groups in total. The minimum atomic E-state index is -4.76. The molecule has 1 aromatic heterocycles. The predicted molar refractivity (Wildman–Crippen MR) is 129 cm³/mol. The molecule has 2 aliphatic heterocycles. The Morgan fingerprint density at radius 1 is 1.11 bits per heavy atom. The molecule has 5 rings (SSSR count). The Kier molecular flexibility index (Phi) is 6.64. The molecule has 0 amide bonds. The number of halogens is 3. The number of piperidine rings is 1. The number of nitrogens with one attached hydrogen (secondary N) is 1. The van der Waals surface area contributed by atoms with E-state index in [0.29, 0.717) is 22.8 Å². The Hall–Kier alpha value is -3.13. The summed E-state index contributed by atoms with van der Waals surface area (Å²) in [5.41, 5.74) is 1.76. The third-order valence-electron chi connectivity index (χ3n) is 6.38. The van der Waals surface area contributed by atoms with Crippen molar-refractivity contribution in [1.29, 1.82) is 0 Å². The van der Waals surface area contributed by atoms with Crippen LogP contribution < -0.4 is 10.1 Å². The van der Waals surface area contributed by atoms with Gasteiger partial charge < -0.3 is 10.1 Å². The van der Waals surface area contributed by atoms with Crippen molar-refractivity contribution in [1.82, 2.24) is 20.0 Å². The summed E-state index contributed by atoms with van der Waals surface area (Å²) in [5, 5.41) is 8.01. The number of quaternary nitrogens is 1. The minimum absolute atomic E-state index is 0.142. The molecule has 3 aliphatic rings. The summed E-state index contributed by atoms with van der Waals surface area (Å²) in [5.74, 6) is -0.144. The van der Waals surface area contributed by atoms with Crippen molar-refractivity contribution < 1.29 is 31.2 Å². The fraction of sp³-hybridized carbons (Fsp3) is 0.375. The first-order chi connectivity index (χ1) is 17.6. The first kappa shape index (κ1) is 25.5. The zero-order valence-corrected chi connectivity index (χ0v) is 20.7. The van der Waals surface area contributed by atoms with Crippen LogP contribution in [0.15, 0.2) is 64.6 Å². The largest absolute Gasteiger partial charge is 0.573 e. The minimum Gasteiger partial charge on any atom is -0.406 e. The van der Waals surface area contributed by atoms with Gasteiger partial charge in [-0.15, -0.1) is 13.2 Å². The molecule has 1 saturated heterocycles. The van der Waals surface area contributed by atoms with E-state index in [2.05, 4.69) is 20.0 Å². The number of rotatable bonds is 6. The average molecular weight is 537 g/mol. The lowest BCUT2D eigenvalue weighted by atomic mass is 9.93. The second-order valence-corrected chi connectivity index (χ2v) is 11.0. The third kappa shape index (κ3) is 5.30. The van der Waals surface area contributed by atoms with Crippen LogP contribution in [0, 0.1) is 0 Å². The van der Waals surface area contributed by atoms with Gasteiger partial charge in [0.15, 0.2) is 9.84 Å². The normalized spacial score (nSPS) is 24.1. The van der Waals surface area contributed by atoms with Gasteiger partial charge in [-0.25, -0.2) is 13.4 Å². The van der Waals surface area contributed by atoms with Crippen molar-refractivity contribution in [2.75, 3.05) is 19.3 Å². The van der Waals surface area contributed by atoms with Crippen LogP contribution in [0.4, 0.5) is 24.7 Å². The van der Waals surface area contributed by atoms with Crippen molar-refractivity contribution in [2.24, 2.45) is 5.10 Å². The molecule has 196 valence electrons. The molecule has 1 aliphatic carbocycles. The summed E-state index contributed by atoms with van der Waals surface area (Å²) in [6.07, 6.45) is 5.23. The maximum Gasteiger partial charge on any atom is 0.573 e. The number of sulfone groups is 1. The first-order valence-corrected chi connectivity index (χ1v) is 13.6. The van der Waals surface area contributed by atoms with E-state index in [1.54, 1.807) is 24.4 Å². The zero-order chi connectivity index (χ0) is 26.3. The standard InChI is InChI=1S/C24H25F3N5O4S/c1-37(33,34)20-8-4-17(5-9-20)32(36-19-10-12-28-13-11-19)23-21(14-31-32)22(29-15-30-23)16-2-6-18(7-3-16)35-24(25,26)27/h2,4-9,14-16,19,28H,3,10-13H2,1H3/q+1. The quantitative estimate of drug-likeness (QED) is 0.557. The van der Waals surface area contributed by atoms with Gasteiger partial charge in [0.25, 0.3) is 0 Å². The third-order valence-corrected chi connectivity index (χ3v) is 7.51. The van der Waals surface area contributed by atoms with Gasteiger partial charge >= 0.3 is 12.2 Å². The fourth-order valence-corrected chi connectivity index (χ4v) is 5.24. The predicted octanol–water partition coefficient (Wildman–Crippen LogP) is 4.01. The van der Waals surface area contributed by atoms with Crippen LogP contribution in [0.1, 0.15) is 36.4 Å². The van der Waals surface area contributed by atoms with Crippen molar-refractivity contribution in [3.8, 4) is 0 Å². The molecule has 0 spiro atoms. The molecule has 9 nitrogen and oxygen atoms in total. The molecule has 37 heavy (non-hydrogen) atoms. The Morgan fingerprint density at radius 3 is 2.46 bits per heavy atom. The van der Waals surface area contributed by atoms with E-state index >= 15 is 0 Å². The lowest BCUT2D eigenvalue weighted by Gasteiger charge is -2.31. The van der Waals surface area contributed by atoms with Crippen LogP contribution in [0.2, 0.25) is 0 Å². The molecule has 13 heteroatoms. The Labute approximate surface area is 211 Å². The topological polar surface area (TPSA) is 103 Å². The van der Waals surface area contributed by atoms with E-state index < -0.39 is 21.0 Å². The molecule has 2 aromatic rings. The van der Waals surface area contributed by atoms with Gasteiger partial charge in [0.05, 0.1) is 10.6 Å². The smallest absolute Gasteiger partial charge is 0.406 e. The number of ether oxygens (including phenoxy) is 1. The molecule has 1 fully saturated rings. The summed E-state index contributed by atoms with van der Waals surface area (Å²) in [4.78, 5) is 15.7. The monoisotopic (exact) mass is 536 g/mol. The van der Waals surface area contributed by atoms with Crippen LogP contribution in [0.3, 0.4) is 0 Å². The van der Waals surface area contributed by atoms with Gasteiger partial charge in [-0.3, -0.25) is 0 Å². The van der Waals surface area contributed by atoms with E-state index in [9.17, 15) is 21.6 Å². The van der Waals surface area contributed by atoms with Gasteiger partial charge in [-0.05, 0) is 61.7 Å². The number of allylic oxidation sites excluding steroid dienone is 3. The van der Waals surface area contributed by atoms with E-state index in [0.717, 1.165) is 32.2 Å². The average Bonchev–Trinajstić information content (AvgIpc) is 3.23. The summed E-state index contributed by atoms with van der Waals surface area (Å²) < 4.78 is 65.3. The Balaban J connectivity index is 1.52. The SMILES string of the molecule is CS(=O)(=O)c1ccc([N+]2(OC3CCNCC3)N=Cc3c(C4C=CC(OC(F)(F)F)=CC4)ncnc32)cc1. The second kappa shape index (κ2) is 9.63. The number of fused-ring (bicyclic) bond motifs is 1. The fourth-order valence-electron chi connectivity index (χ4n) is 4.61. The maximum absolute atomic E-state index is 12.6. The highest BCUT2D eigenvalue weighted by molar-refractivity contribution is 7.90. The van der Waals surface area contributed by atoms with Crippen molar-refractivity contribution in [3.63, 3.8) is 0 Å². The highest BCUT2D eigenvalue weighted by Crippen LogP contribution is 2.44. The van der Waals surface area contributed by atoms with Crippen LogP contribution in [-0.4, -0.2) is 56.4 Å². The summed E-state index contributed by atoms with van der Waals surface area (Å²) in [7, 11) is -3.40. The molecule has 0 radical (unpaired) electrons. The van der Waals surface area contributed by atoms with E-state index in [1.165, 1.54) is 30.6 Å². The number of benzene rings is 1. The van der Waals surface area contributed by atoms with Crippen LogP contribution >= 0.6 is 0 Å². The number of alkyl halides is 3. The number of hydrogen-bond donors (Lipinski definition) is 1. The van der Waals surface area contributed by atoms with Crippen molar-refractivity contribution in [3.05, 3.63) is 65.8 Å². The molecule has 0 saturated carbocycles. The van der Waals surface area contributed by atoms with Crippen molar-refractivity contribution >= 4 is 27.6 Å². The molecule has 1 aromatic carbocycles. The zero-order valence-electron chi connectivity index (χ0n) is 19.9. The molecule has 2 unspecified atom stereocenters. The highest BCUT2D eigenvalue weighted by atomic mass is 32.2.